The molecule has 0 radical (unpaired) electrons. The molecule has 80 valence electrons. The third-order valence-electron chi connectivity index (χ3n) is 4.92. The van der Waals surface area contributed by atoms with Crippen molar-refractivity contribution in [1.29, 1.82) is 0 Å². The average molecular weight is 194 g/mol. The maximum Gasteiger partial charge on any atom is 0.00183 e. The lowest BCUT2D eigenvalue weighted by Gasteiger charge is -2.30. The lowest BCUT2D eigenvalue weighted by Crippen LogP contribution is -2.43. The highest BCUT2D eigenvalue weighted by atomic mass is 15.2. The van der Waals surface area contributed by atoms with E-state index in [4.69, 9.17) is 0 Å². The number of fused-ring (bicyclic) bond motifs is 1. The van der Waals surface area contributed by atoms with Gasteiger partial charge in [0.2, 0.25) is 0 Å². The zero-order valence-electron chi connectivity index (χ0n) is 9.42. The summed E-state index contributed by atoms with van der Waals surface area (Å²) in [6.45, 7) is 11.6. The Labute approximate surface area is 87.0 Å². The smallest absolute Gasteiger partial charge is 0.00183 e. The van der Waals surface area contributed by atoms with E-state index in [2.05, 4.69) is 24.1 Å². The number of likely N-dealkylation sites (tertiary alicyclic amines) is 1. The highest BCUT2D eigenvalue weighted by Gasteiger charge is 2.61. The van der Waals surface area contributed by atoms with Gasteiger partial charge in [-0.05, 0) is 49.2 Å². The van der Waals surface area contributed by atoms with Crippen molar-refractivity contribution in [1.82, 2.24) is 10.2 Å². The van der Waals surface area contributed by atoms with Crippen molar-refractivity contribution in [2.75, 3.05) is 32.7 Å². The number of nitrogens with zero attached hydrogens (tertiary/aromatic N) is 1. The third kappa shape index (κ3) is 1.31. The maximum absolute atomic E-state index is 3.35. The Morgan fingerprint density at radius 1 is 1.21 bits per heavy atom. The number of piperidine rings is 1. The zero-order chi connectivity index (χ0) is 9.76. The summed E-state index contributed by atoms with van der Waals surface area (Å²) >= 11 is 0. The van der Waals surface area contributed by atoms with Gasteiger partial charge in [-0.3, -0.25) is 0 Å². The molecule has 0 aromatic carbocycles. The van der Waals surface area contributed by atoms with Gasteiger partial charge in [0.15, 0.2) is 0 Å². The van der Waals surface area contributed by atoms with Gasteiger partial charge in [-0.15, -0.1) is 0 Å². The monoisotopic (exact) mass is 194 g/mol. The summed E-state index contributed by atoms with van der Waals surface area (Å²) in [5.74, 6) is 3.05. The van der Waals surface area contributed by atoms with Gasteiger partial charge in [-0.2, -0.15) is 0 Å². The number of hydrogen-bond acceptors (Lipinski definition) is 2. The van der Waals surface area contributed by atoms with Crippen molar-refractivity contribution in [2.45, 2.75) is 20.3 Å². The van der Waals surface area contributed by atoms with Crippen molar-refractivity contribution in [3.8, 4) is 0 Å². The van der Waals surface area contributed by atoms with E-state index in [0.717, 1.165) is 17.8 Å². The second kappa shape index (κ2) is 2.96. The Balaban J connectivity index is 1.41. The van der Waals surface area contributed by atoms with E-state index in [9.17, 15) is 0 Å². The standard InChI is InChI=1S/C12H22N2/c1-12(2)10-7-14(8-11(10)12)4-3-9-5-13-6-9/h9-11,13H,3-8H2,1-2H3. The summed E-state index contributed by atoms with van der Waals surface area (Å²) in [6.07, 6.45) is 1.42. The third-order valence-corrected chi connectivity index (χ3v) is 4.92. The molecule has 0 aromatic heterocycles. The second-order valence-electron chi connectivity index (χ2n) is 6.11. The fourth-order valence-corrected chi connectivity index (χ4v) is 3.31. The second-order valence-corrected chi connectivity index (χ2v) is 6.11. The molecular formula is C12H22N2. The van der Waals surface area contributed by atoms with Crippen LogP contribution in [0.15, 0.2) is 0 Å². The first-order valence-corrected chi connectivity index (χ1v) is 6.11. The first-order valence-electron chi connectivity index (χ1n) is 6.11. The van der Waals surface area contributed by atoms with E-state index in [0.29, 0.717) is 5.41 Å². The summed E-state index contributed by atoms with van der Waals surface area (Å²) in [5, 5.41) is 3.35. The number of hydrogen-bond donors (Lipinski definition) is 1. The Morgan fingerprint density at radius 2 is 1.86 bits per heavy atom. The van der Waals surface area contributed by atoms with E-state index in [1.165, 1.54) is 39.1 Å². The van der Waals surface area contributed by atoms with Crippen LogP contribution in [0.5, 0.6) is 0 Å². The Kier molecular flexibility index (Phi) is 1.94. The van der Waals surface area contributed by atoms with Crippen LogP contribution in [-0.4, -0.2) is 37.6 Å². The Hall–Kier alpha value is -0.0800. The van der Waals surface area contributed by atoms with E-state index < -0.39 is 0 Å². The van der Waals surface area contributed by atoms with Crippen molar-refractivity contribution < 1.29 is 0 Å². The number of nitrogens with one attached hydrogen (secondary N) is 1. The molecule has 2 nitrogen and oxygen atoms in total. The predicted molar refractivity (Wildman–Crippen MR) is 58.2 cm³/mol. The molecule has 3 fully saturated rings. The molecule has 0 aromatic rings. The van der Waals surface area contributed by atoms with Crippen LogP contribution in [0.25, 0.3) is 0 Å². The Morgan fingerprint density at radius 3 is 2.36 bits per heavy atom. The first-order chi connectivity index (χ1) is 6.68. The van der Waals surface area contributed by atoms with Crippen LogP contribution in [0, 0.1) is 23.2 Å². The highest BCUT2D eigenvalue weighted by Crippen LogP contribution is 2.61. The minimum Gasteiger partial charge on any atom is -0.316 e. The van der Waals surface area contributed by atoms with E-state index in [1.54, 1.807) is 0 Å². The quantitative estimate of drug-likeness (QED) is 0.726. The average Bonchev–Trinajstić information content (AvgIpc) is 2.48. The molecule has 1 N–H and O–H groups in total. The molecular weight excluding hydrogens is 172 g/mol. The zero-order valence-corrected chi connectivity index (χ0v) is 9.42. The normalized spacial score (nSPS) is 40.7. The van der Waals surface area contributed by atoms with Gasteiger partial charge in [0.1, 0.15) is 0 Å². The van der Waals surface area contributed by atoms with Crippen LogP contribution in [0.3, 0.4) is 0 Å². The molecule has 2 atom stereocenters. The van der Waals surface area contributed by atoms with Crippen LogP contribution >= 0.6 is 0 Å². The highest BCUT2D eigenvalue weighted by molar-refractivity contribution is 5.11. The largest absolute Gasteiger partial charge is 0.316 e. The molecule has 2 unspecified atom stereocenters. The molecule has 2 aliphatic heterocycles. The van der Waals surface area contributed by atoms with Crippen LogP contribution in [0.1, 0.15) is 20.3 Å². The van der Waals surface area contributed by atoms with Crippen molar-refractivity contribution >= 4 is 0 Å². The topological polar surface area (TPSA) is 15.3 Å². The van der Waals surface area contributed by atoms with Crippen molar-refractivity contribution in [3.63, 3.8) is 0 Å². The van der Waals surface area contributed by atoms with Gasteiger partial charge in [0, 0.05) is 13.1 Å². The summed E-state index contributed by atoms with van der Waals surface area (Å²) < 4.78 is 0. The van der Waals surface area contributed by atoms with Crippen LogP contribution < -0.4 is 5.32 Å². The summed E-state index contributed by atoms with van der Waals surface area (Å²) in [5.41, 5.74) is 0.689. The molecule has 0 amide bonds. The van der Waals surface area contributed by atoms with Gasteiger partial charge < -0.3 is 10.2 Å². The van der Waals surface area contributed by atoms with E-state index in [1.807, 2.05) is 0 Å². The lowest BCUT2D eigenvalue weighted by molar-refractivity contribution is 0.219. The van der Waals surface area contributed by atoms with Crippen molar-refractivity contribution in [3.05, 3.63) is 0 Å². The summed E-state index contributed by atoms with van der Waals surface area (Å²) in [7, 11) is 0. The van der Waals surface area contributed by atoms with Crippen LogP contribution in [0.4, 0.5) is 0 Å². The molecule has 1 aliphatic carbocycles. The minimum absolute atomic E-state index is 0.689. The van der Waals surface area contributed by atoms with Gasteiger partial charge in [0.25, 0.3) is 0 Å². The van der Waals surface area contributed by atoms with Crippen LogP contribution in [0.2, 0.25) is 0 Å². The Bertz CT molecular complexity index is 218. The van der Waals surface area contributed by atoms with Gasteiger partial charge in [-0.1, -0.05) is 13.8 Å². The predicted octanol–water partition coefficient (Wildman–Crippen LogP) is 1.18. The molecule has 3 aliphatic rings. The molecule has 0 bridgehead atoms. The maximum atomic E-state index is 3.35. The molecule has 2 saturated heterocycles. The fourth-order valence-electron chi connectivity index (χ4n) is 3.31. The van der Waals surface area contributed by atoms with E-state index >= 15 is 0 Å². The SMILES string of the molecule is CC1(C)C2CN(CCC3CNC3)CC21. The van der Waals surface area contributed by atoms with Gasteiger partial charge in [0.05, 0.1) is 0 Å². The molecule has 14 heavy (non-hydrogen) atoms. The molecule has 1 saturated carbocycles. The summed E-state index contributed by atoms with van der Waals surface area (Å²) in [4.78, 5) is 2.69. The lowest BCUT2D eigenvalue weighted by atomic mass is 9.99. The molecule has 2 heterocycles. The number of rotatable bonds is 3. The molecule has 0 spiro atoms. The minimum atomic E-state index is 0.689. The fraction of sp³-hybridized carbons (Fsp3) is 1.00. The van der Waals surface area contributed by atoms with Crippen LogP contribution in [-0.2, 0) is 0 Å². The molecule has 3 rings (SSSR count). The first kappa shape index (κ1) is 9.17. The molecule has 2 heteroatoms. The van der Waals surface area contributed by atoms with Gasteiger partial charge >= 0.3 is 0 Å². The van der Waals surface area contributed by atoms with Crippen molar-refractivity contribution in [2.24, 2.45) is 23.2 Å². The summed E-state index contributed by atoms with van der Waals surface area (Å²) in [6, 6.07) is 0. The van der Waals surface area contributed by atoms with Gasteiger partial charge in [-0.25, -0.2) is 0 Å². The van der Waals surface area contributed by atoms with E-state index in [-0.39, 0.29) is 0 Å².